The monoisotopic (exact) mass is 726 g/mol. The molecule has 0 unspecified atom stereocenters. The highest BCUT2D eigenvalue weighted by Crippen LogP contribution is 2.68. The van der Waals surface area contributed by atoms with E-state index in [2.05, 4.69) is 26.8 Å². The third-order valence-corrected chi connectivity index (χ3v) is 13.8. The highest BCUT2D eigenvalue weighted by Gasteiger charge is 2.64. The molecule has 292 valence electrons. The Bertz CT molecular complexity index is 1270. The fourth-order valence-electron chi connectivity index (χ4n) is 11.2. The summed E-state index contributed by atoms with van der Waals surface area (Å²) in [6, 6.07) is 0. The number of rotatable bonds is 9. The number of aliphatic hydroxyl groups excluding tert-OH is 8. The van der Waals surface area contributed by atoms with Crippen LogP contribution in [0.4, 0.5) is 0 Å². The maximum atomic E-state index is 11.0. The Morgan fingerprint density at radius 2 is 1.65 bits per heavy atom. The predicted octanol–water partition coefficient (Wildman–Crippen LogP) is 0.509. The largest absolute Gasteiger partial charge is 0.394 e. The van der Waals surface area contributed by atoms with E-state index >= 15 is 0 Å². The lowest BCUT2D eigenvalue weighted by atomic mass is 9.46. The summed E-state index contributed by atoms with van der Waals surface area (Å²) in [5.74, 6) is 0.707. The summed E-state index contributed by atoms with van der Waals surface area (Å²) in [6.45, 7) is 9.46. The molecular weight excluding hydrogens is 664 g/mol. The van der Waals surface area contributed by atoms with Gasteiger partial charge in [0.25, 0.3) is 0 Å². The van der Waals surface area contributed by atoms with Crippen molar-refractivity contribution in [2.45, 2.75) is 159 Å². The van der Waals surface area contributed by atoms with E-state index in [1.807, 2.05) is 6.08 Å². The van der Waals surface area contributed by atoms with Crippen molar-refractivity contribution in [1.29, 1.82) is 0 Å². The lowest BCUT2D eigenvalue weighted by Gasteiger charge is -2.60. The van der Waals surface area contributed by atoms with Crippen molar-refractivity contribution in [1.82, 2.24) is 0 Å². The van der Waals surface area contributed by atoms with Crippen LogP contribution in [0.15, 0.2) is 23.8 Å². The van der Waals surface area contributed by atoms with E-state index in [0.717, 1.165) is 24.8 Å². The molecule has 6 aliphatic rings. The van der Waals surface area contributed by atoms with Crippen molar-refractivity contribution in [2.75, 3.05) is 13.2 Å². The van der Waals surface area contributed by atoms with Crippen LogP contribution in [0.3, 0.4) is 0 Å². The summed E-state index contributed by atoms with van der Waals surface area (Å²) in [5, 5.41) is 94.3. The topological polar surface area (TPSA) is 219 Å². The Morgan fingerprint density at radius 1 is 0.941 bits per heavy atom. The second-order valence-electron chi connectivity index (χ2n) is 17.5. The number of hydrogen-bond donors (Lipinski definition) is 9. The fourth-order valence-corrected chi connectivity index (χ4v) is 11.2. The molecule has 0 spiro atoms. The van der Waals surface area contributed by atoms with Gasteiger partial charge >= 0.3 is 0 Å². The molecule has 0 aromatic carbocycles. The standard InChI is InChI=1S/C38H62O13/c1-18(7-6-11-36(2,3)47)28-25(49-34-32(45)29(42)24(41)17-48-34)15-23-21-9-8-19-13-20(40)14-27(38(19,5)22(21)10-12-37(23,28)4)51-35-33(46)31(44)30(43)26(16-39)50-35/h6,8,11,18,20-35,39-47H,7,9-10,12-17H2,1-5H3/b11-6+/t18-,20-,21-,22+,23+,24+,25+,26-,27-,28+,29+,30-,31+,32-,33-,34+,35+,37+,38+/m1/s1. The minimum Gasteiger partial charge on any atom is -0.394 e. The molecule has 2 heterocycles. The lowest BCUT2D eigenvalue weighted by molar-refractivity contribution is -0.324. The van der Waals surface area contributed by atoms with Gasteiger partial charge in [0, 0.05) is 11.8 Å². The van der Waals surface area contributed by atoms with Crippen LogP contribution >= 0.6 is 0 Å². The maximum Gasteiger partial charge on any atom is 0.187 e. The van der Waals surface area contributed by atoms with Gasteiger partial charge in [-0.2, -0.15) is 0 Å². The minimum atomic E-state index is -1.57. The third-order valence-electron chi connectivity index (χ3n) is 13.8. The number of allylic oxidation sites excluding steroid dienone is 2. The molecule has 13 nitrogen and oxygen atoms in total. The first kappa shape index (κ1) is 39.6. The summed E-state index contributed by atoms with van der Waals surface area (Å²) >= 11 is 0. The van der Waals surface area contributed by atoms with Crippen LogP contribution < -0.4 is 0 Å². The normalized spacial score (nSPS) is 51.1. The Labute approximate surface area is 300 Å². The number of ether oxygens (including phenoxy) is 4. The average molecular weight is 727 g/mol. The van der Waals surface area contributed by atoms with Gasteiger partial charge in [0.15, 0.2) is 12.6 Å². The molecule has 0 amide bonds. The van der Waals surface area contributed by atoms with Gasteiger partial charge in [-0.3, -0.25) is 0 Å². The van der Waals surface area contributed by atoms with Crippen molar-refractivity contribution in [3.05, 3.63) is 23.8 Å². The van der Waals surface area contributed by atoms with Crippen molar-refractivity contribution in [2.24, 2.45) is 40.4 Å². The molecule has 5 fully saturated rings. The molecule has 0 aromatic heterocycles. The first-order chi connectivity index (χ1) is 23.9. The third kappa shape index (κ3) is 7.26. The van der Waals surface area contributed by atoms with Crippen LogP contribution in [0.1, 0.15) is 79.6 Å². The molecule has 4 aliphatic carbocycles. The summed E-state index contributed by atoms with van der Waals surface area (Å²) in [7, 11) is 0. The average Bonchev–Trinajstić information content (AvgIpc) is 3.36. The first-order valence-corrected chi connectivity index (χ1v) is 19.0. The van der Waals surface area contributed by atoms with E-state index in [1.54, 1.807) is 19.9 Å². The predicted molar refractivity (Wildman–Crippen MR) is 182 cm³/mol. The van der Waals surface area contributed by atoms with E-state index in [-0.39, 0.29) is 54.1 Å². The van der Waals surface area contributed by atoms with Gasteiger partial charge in [-0.15, -0.1) is 0 Å². The molecule has 51 heavy (non-hydrogen) atoms. The van der Waals surface area contributed by atoms with Crippen molar-refractivity contribution >= 4 is 0 Å². The number of fused-ring (bicyclic) bond motifs is 5. The number of hydrogen-bond acceptors (Lipinski definition) is 13. The van der Waals surface area contributed by atoms with Gasteiger partial charge in [-0.25, -0.2) is 0 Å². The quantitative estimate of drug-likeness (QED) is 0.148. The van der Waals surface area contributed by atoms with E-state index in [0.29, 0.717) is 19.3 Å². The van der Waals surface area contributed by atoms with E-state index in [4.69, 9.17) is 18.9 Å². The SMILES string of the molecule is C[C@H](C/C=C/C(C)(C)O)[C@H]1[C@@H](O[C@@H]2OC[C@H](O)[C@H](O)[C@H]2O)C[C@H]2[C@@H]3CC=C4C[C@@H](O)C[C@@H](O[C@@H]5O[C@H](CO)[C@@H](O)[C@H](O)[C@H]5O)[C@]4(C)[C@H]3CC[C@]12C. The Balaban J connectivity index is 1.29. The van der Waals surface area contributed by atoms with Crippen molar-refractivity contribution in [3.8, 4) is 0 Å². The Morgan fingerprint density at radius 3 is 2.33 bits per heavy atom. The van der Waals surface area contributed by atoms with Crippen LogP contribution in [-0.2, 0) is 18.9 Å². The van der Waals surface area contributed by atoms with Gasteiger partial charge in [-0.05, 0) is 87.4 Å². The van der Waals surface area contributed by atoms with E-state index in [9.17, 15) is 46.0 Å². The Kier molecular flexibility index (Phi) is 11.6. The molecule has 2 saturated heterocycles. The zero-order valence-electron chi connectivity index (χ0n) is 30.6. The van der Waals surface area contributed by atoms with Gasteiger partial charge in [0.05, 0.1) is 37.1 Å². The van der Waals surface area contributed by atoms with Gasteiger partial charge < -0.3 is 64.9 Å². The van der Waals surface area contributed by atoms with Crippen LogP contribution in [0.25, 0.3) is 0 Å². The van der Waals surface area contributed by atoms with Gasteiger partial charge in [0.2, 0.25) is 0 Å². The van der Waals surface area contributed by atoms with Crippen LogP contribution in [0.2, 0.25) is 0 Å². The van der Waals surface area contributed by atoms with Crippen molar-refractivity contribution in [3.63, 3.8) is 0 Å². The molecule has 0 aromatic rings. The molecular formula is C38H62O13. The molecule has 0 radical (unpaired) electrons. The van der Waals surface area contributed by atoms with Crippen LogP contribution in [0.5, 0.6) is 0 Å². The zero-order chi connectivity index (χ0) is 37.2. The van der Waals surface area contributed by atoms with E-state index < -0.39 is 85.1 Å². The maximum absolute atomic E-state index is 11.0. The fraction of sp³-hybridized carbons (Fsp3) is 0.895. The summed E-state index contributed by atoms with van der Waals surface area (Å²) in [4.78, 5) is 0. The molecule has 0 bridgehead atoms. The highest BCUT2D eigenvalue weighted by atomic mass is 16.7. The second-order valence-corrected chi connectivity index (χ2v) is 17.5. The summed E-state index contributed by atoms with van der Waals surface area (Å²) < 4.78 is 24.7. The second kappa shape index (κ2) is 14.9. The smallest absolute Gasteiger partial charge is 0.187 e. The molecule has 13 heteroatoms. The van der Waals surface area contributed by atoms with Crippen molar-refractivity contribution < 1.29 is 64.9 Å². The minimum absolute atomic E-state index is 0.0437. The number of aliphatic hydroxyl groups is 9. The Hall–Kier alpha value is -1.04. The molecule has 2 aliphatic heterocycles. The van der Waals surface area contributed by atoms with Gasteiger partial charge in [0.1, 0.15) is 42.7 Å². The molecule has 3 saturated carbocycles. The van der Waals surface area contributed by atoms with Gasteiger partial charge in [-0.1, -0.05) is 44.6 Å². The molecule has 19 atom stereocenters. The van der Waals surface area contributed by atoms with Crippen LogP contribution in [-0.4, -0.2) is 138 Å². The summed E-state index contributed by atoms with van der Waals surface area (Å²) in [5.41, 5.74) is -0.564. The zero-order valence-corrected chi connectivity index (χ0v) is 30.6. The lowest BCUT2D eigenvalue weighted by Crippen LogP contribution is -2.62. The molecule has 6 rings (SSSR count). The van der Waals surface area contributed by atoms with Crippen LogP contribution in [0, 0.1) is 40.4 Å². The first-order valence-electron chi connectivity index (χ1n) is 19.0. The molecule has 9 N–H and O–H groups in total. The summed E-state index contributed by atoms with van der Waals surface area (Å²) in [6.07, 6.45) is -2.96. The van der Waals surface area contributed by atoms with E-state index in [1.165, 1.54) is 0 Å². The highest BCUT2D eigenvalue weighted by molar-refractivity contribution is 5.28.